The predicted octanol–water partition coefficient (Wildman–Crippen LogP) is 1.93. The molecule has 0 saturated heterocycles. The molecule has 6 heteroatoms. The number of hydrogen-bond donors (Lipinski definition) is 1. The van der Waals surface area contributed by atoms with Crippen molar-refractivity contribution in [1.29, 1.82) is 0 Å². The number of hydrogen-bond acceptors (Lipinski definition) is 5. The van der Waals surface area contributed by atoms with E-state index in [1.807, 2.05) is 6.92 Å². The van der Waals surface area contributed by atoms with Crippen molar-refractivity contribution in [3.8, 4) is 17.4 Å². The first kappa shape index (κ1) is 10.5. The molecule has 0 amide bonds. The molecule has 0 fully saturated rings. The zero-order valence-electron chi connectivity index (χ0n) is 9.61. The lowest BCUT2D eigenvalue weighted by molar-refractivity contribution is 0.455. The average molecular weight is 242 g/mol. The van der Waals surface area contributed by atoms with E-state index in [1.54, 1.807) is 41.1 Å². The van der Waals surface area contributed by atoms with E-state index in [0.29, 0.717) is 17.3 Å². The summed E-state index contributed by atoms with van der Waals surface area (Å²) >= 11 is 0. The standard InChI is InChI=1S/C12H10N4O2/c1-8-14-15-11-12(13-6-7-16(8)11)18-10-4-2-9(17)3-5-10/h2-7,17H,1H3. The van der Waals surface area contributed by atoms with Crippen LogP contribution in [-0.4, -0.2) is 24.7 Å². The Hall–Kier alpha value is -2.63. The number of benzene rings is 1. The van der Waals surface area contributed by atoms with Gasteiger partial charge in [-0.3, -0.25) is 4.40 Å². The minimum Gasteiger partial charge on any atom is -0.508 e. The van der Waals surface area contributed by atoms with Crippen LogP contribution in [0, 0.1) is 6.92 Å². The van der Waals surface area contributed by atoms with E-state index in [9.17, 15) is 5.11 Å². The summed E-state index contributed by atoms with van der Waals surface area (Å²) < 4.78 is 7.41. The Labute approximate surface area is 103 Å². The van der Waals surface area contributed by atoms with Crippen LogP contribution in [0.2, 0.25) is 0 Å². The molecule has 1 aromatic carbocycles. The Morgan fingerprint density at radius 2 is 1.94 bits per heavy atom. The maximum Gasteiger partial charge on any atom is 0.265 e. The summed E-state index contributed by atoms with van der Waals surface area (Å²) in [5.41, 5.74) is 0.558. The van der Waals surface area contributed by atoms with E-state index in [2.05, 4.69) is 15.2 Å². The first-order chi connectivity index (χ1) is 8.74. The molecule has 0 saturated carbocycles. The lowest BCUT2D eigenvalue weighted by Gasteiger charge is -2.05. The fraction of sp³-hybridized carbons (Fsp3) is 0.0833. The fourth-order valence-corrected chi connectivity index (χ4v) is 1.62. The number of phenols is 1. The topological polar surface area (TPSA) is 72.5 Å². The third-order valence-electron chi connectivity index (χ3n) is 2.52. The molecule has 2 heterocycles. The van der Waals surface area contributed by atoms with Gasteiger partial charge in [-0.1, -0.05) is 0 Å². The quantitative estimate of drug-likeness (QED) is 0.743. The number of fused-ring (bicyclic) bond motifs is 1. The van der Waals surface area contributed by atoms with Gasteiger partial charge in [0, 0.05) is 12.4 Å². The molecular formula is C12H10N4O2. The van der Waals surface area contributed by atoms with Crippen LogP contribution in [0.15, 0.2) is 36.7 Å². The van der Waals surface area contributed by atoms with Gasteiger partial charge in [-0.15, -0.1) is 10.2 Å². The summed E-state index contributed by atoms with van der Waals surface area (Å²) in [6.07, 6.45) is 3.40. The molecule has 0 bridgehead atoms. The van der Waals surface area contributed by atoms with Crippen molar-refractivity contribution in [3.05, 3.63) is 42.5 Å². The molecule has 18 heavy (non-hydrogen) atoms. The van der Waals surface area contributed by atoms with Gasteiger partial charge in [-0.05, 0) is 31.2 Å². The largest absolute Gasteiger partial charge is 0.508 e. The molecule has 2 aromatic heterocycles. The van der Waals surface area contributed by atoms with Crippen LogP contribution in [-0.2, 0) is 0 Å². The van der Waals surface area contributed by atoms with Crippen LogP contribution in [0.4, 0.5) is 0 Å². The molecule has 0 atom stereocenters. The van der Waals surface area contributed by atoms with Gasteiger partial charge in [0.15, 0.2) is 0 Å². The van der Waals surface area contributed by atoms with Crippen LogP contribution in [0.1, 0.15) is 5.82 Å². The maximum atomic E-state index is 9.20. The van der Waals surface area contributed by atoms with Gasteiger partial charge in [-0.2, -0.15) is 0 Å². The van der Waals surface area contributed by atoms with Crippen molar-refractivity contribution in [2.45, 2.75) is 6.92 Å². The molecule has 0 spiro atoms. The highest BCUT2D eigenvalue weighted by Crippen LogP contribution is 2.24. The van der Waals surface area contributed by atoms with Gasteiger partial charge < -0.3 is 9.84 Å². The molecular weight excluding hydrogens is 232 g/mol. The molecule has 6 nitrogen and oxygen atoms in total. The van der Waals surface area contributed by atoms with Crippen molar-refractivity contribution in [2.24, 2.45) is 0 Å². The average Bonchev–Trinajstić information content (AvgIpc) is 2.76. The summed E-state index contributed by atoms with van der Waals surface area (Å²) in [4.78, 5) is 4.13. The summed E-state index contributed by atoms with van der Waals surface area (Å²) in [6, 6.07) is 6.41. The van der Waals surface area contributed by atoms with E-state index in [0.717, 1.165) is 5.82 Å². The maximum absolute atomic E-state index is 9.20. The van der Waals surface area contributed by atoms with Gasteiger partial charge in [0.05, 0.1) is 0 Å². The fourth-order valence-electron chi connectivity index (χ4n) is 1.62. The van der Waals surface area contributed by atoms with Crippen LogP contribution >= 0.6 is 0 Å². The van der Waals surface area contributed by atoms with E-state index >= 15 is 0 Å². The SMILES string of the molecule is Cc1nnc2c(Oc3ccc(O)cc3)nccn12. The van der Waals surface area contributed by atoms with Gasteiger partial charge >= 0.3 is 0 Å². The molecule has 0 aliphatic rings. The molecule has 0 aliphatic heterocycles. The van der Waals surface area contributed by atoms with Crippen LogP contribution in [0.5, 0.6) is 17.4 Å². The lowest BCUT2D eigenvalue weighted by atomic mass is 10.3. The van der Waals surface area contributed by atoms with Crippen molar-refractivity contribution in [3.63, 3.8) is 0 Å². The van der Waals surface area contributed by atoms with Gasteiger partial charge in [0.25, 0.3) is 5.88 Å². The highest BCUT2D eigenvalue weighted by atomic mass is 16.5. The van der Waals surface area contributed by atoms with Crippen molar-refractivity contribution >= 4 is 5.65 Å². The van der Waals surface area contributed by atoms with Gasteiger partial charge in [0.2, 0.25) is 5.65 Å². The second-order valence-electron chi connectivity index (χ2n) is 3.77. The number of nitrogens with zero attached hydrogens (tertiary/aromatic N) is 4. The Morgan fingerprint density at radius 1 is 1.17 bits per heavy atom. The number of phenolic OH excluding ortho intramolecular Hbond substituents is 1. The smallest absolute Gasteiger partial charge is 0.265 e. The molecule has 90 valence electrons. The minimum atomic E-state index is 0.187. The van der Waals surface area contributed by atoms with E-state index in [4.69, 9.17) is 4.74 Å². The zero-order chi connectivity index (χ0) is 12.5. The highest BCUT2D eigenvalue weighted by molar-refractivity contribution is 5.50. The lowest BCUT2D eigenvalue weighted by Crippen LogP contribution is -1.94. The van der Waals surface area contributed by atoms with Gasteiger partial charge in [-0.25, -0.2) is 4.98 Å². The van der Waals surface area contributed by atoms with Crippen molar-refractivity contribution < 1.29 is 9.84 Å². The van der Waals surface area contributed by atoms with Crippen molar-refractivity contribution in [2.75, 3.05) is 0 Å². The third-order valence-corrected chi connectivity index (χ3v) is 2.52. The summed E-state index contributed by atoms with van der Waals surface area (Å²) in [5, 5.41) is 17.2. The Bertz CT molecular complexity index is 691. The second-order valence-corrected chi connectivity index (χ2v) is 3.77. The minimum absolute atomic E-state index is 0.187. The first-order valence-corrected chi connectivity index (χ1v) is 5.37. The number of ether oxygens (including phenoxy) is 1. The van der Waals surface area contributed by atoms with E-state index < -0.39 is 0 Å². The Kier molecular flexibility index (Phi) is 2.33. The van der Waals surface area contributed by atoms with Crippen molar-refractivity contribution in [1.82, 2.24) is 19.6 Å². The van der Waals surface area contributed by atoms with Crippen LogP contribution in [0.25, 0.3) is 5.65 Å². The van der Waals surface area contributed by atoms with E-state index in [1.165, 1.54) is 0 Å². The monoisotopic (exact) mass is 242 g/mol. The Balaban J connectivity index is 2.02. The number of aromatic nitrogens is 4. The zero-order valence-corrected chi connectivity index (χ0v) is 9.61. The highest BCUT2D eigenvalue weighted by Gasteiger charge is 2.09. The second kappa shape index (κ2) is 3.99. The summed E-state index contributed by atoms with van der Waals surface area (Å²) in [6.45, 7) is 1.85. The molecule has 3 rings (SSSR count). The first-order valence-electron chi connectivity index (χ1n) is 5.37. The predicted molar refractivity (Wildman–Crippen MR) is 63.7 cm³/mol. The van der Waals surface area contributed by atoms with E-state index in [-0.39, 0.29) is 5.75 Å². The summed E-state index contributed by atoms with van der Waals surface area (Å²) in [7, 11) is 0. The molecule has 0 radical (unpaired) electrons. The van der Waals surface area contributed by atoms with Crippen LogP contribution in [0.3, 0.4) is 0 Å². The molecule has 3 aromatic rings. The third kappa shape index (κ3) is 1.73. The number of aryl methyl sites for hydroxylation is 1. The normalized spacial score (nSPS) is 10.7. The number of rotatable bonds is 2. The summed E-state index contributed by atoms with van der Waals surface area (Å²) in [5.74, 6) is 1.91. The molecule has 0 unspecified atom stereocenters. The molecule has 1 N–H and O–H groups in total. The number of aromatic hydroxyl groups is 1. The van der Waals surface area contributed by atoms with Crippen LogP contribution < -0.4 is 4.74 Å². The molecule has 0 aliphatic carbocycles. The van der Waals surface area contributed by atoms with Gasteiger partial charge in [0.1, 0.15) is 17.3 Å². The Morgan fingerprint density at radius 3 is 2.72 bits per heavy atom.